The van der Waals surface area contributed by atoms with Crippen LogP contribution in [0.25, 0.3) is 0 Å². The molecule has 0 aliphatic rings. The van der Waals surface area contributed by atoms with Gasteiger partial charge in [-0.2, -0.15) is 0 Å². The van der Waals surface area contributed by atoms with E-state index in [9.17, 15) is 19.3 Å². The Morgan fingerprint density at radius 2 is 1.58 bits per heavy atom. The minimum absolute atomic E-state index is 0.0659. The Hall–Kier alpha value is -1.89. The molecule has 2 aromatic rings. The molecule has 0 saturated carbocycles. The number of rotatable bonds is 11. The summed E-state index contributed by atoms with van der Waals surface area (Å²) in [6.07, 6.45) is 0.00287. The van der Waals surface area contributed by atoms with Crippen molar-refractivity contribution in [1.29, 1.82) is 0 Å². The van der Waals surface area contributed by atoms with Crippen molar-refractivity contribution in [3.63, 3.8) is 0 Å². The molecule has 2 rings (SSSR count). The topological polar surface area (TPSA) is 102 Å². The zero-order valence-corrected chi connectivity index (χ0v) is 19.5. The second kappa shape index (κ2) is 11.7. The van der Waals surface area contributed by atoms with Crippen LogP contribution in [0.2, 0.25) is 10.0 Å². The normalized spacial score (nSPS) is 12.4. The molecular weight excluding hydrogens is 464 g/mol. The summed E-state index contributed by atoms with van der Waals surface area (Å²) in [7, 11) is -3.27. The highest BCUT2D eigenvalue weighted by molar-refractivity contribution is 7.53. The standard InChI is InChI=1S/C21H24Cl2NO6P/c1-3-29-31(28,30-4-2)13-14-8-10-15(11-9-14)20(25)24-19(21(26)27)12-16-17(22)6-5-7-18(16)23/h5-11,19H,3-4,12-13H2,1-2H3,(H,24,25)(H,26,27)/t19-/m0/s1. The van der Waals surface area contributed by atoms with Gasteiger partial charge in [0.05, 0.1) is 19.4 Å². The second-order valence-electron chi connectivity index (χ2n) is 6.57. The second-order valence-corrected chi connectivity index (χ2v) is 9.44. The molecule has 0 spiro atoms. The van der Waals surface area contributed by atoms with Crippen LogP contribution in [0.15, 0.2) is 42.5 Å². The van der Waals surface area contributed by atoms with Gasteiger partial charge in [0.25, 0.3) is 5.91 Å². The molecule has 0 unspecified atom stereocenters. The zero-order valence-electron chi connectivity index (χ0n) is 17.1. The lowest BCUT2D eigenvalue weighted by molar-refractivity contribution is -0.139. The minimum Gasteiger partial charge on any atom is -0.480 e. The van der Waals surface area contributed by atoms with E-state index < -0.39 is 25.5 Å². The molecule has 0 bridgehead atoms. The van der Waals surface area contributed by atoms with Gasteiger partial charge in [-0.1, -0.05) is 41.4 Å². The van der Waals surface area contributed by atoms with Crippen LogP contribution in [-0.2, 0) is 31.0 Å². The molecule has 31 heavy (non-hydrogen) atoms. The van der Waals surface area contributed by atoms with E-state index in [1.807, 2.05) is 0 Å². The lowest BCUT2D eigenvalue weighted by Gasteiger charge is -2.18. The maximum atomic E-state index is 12.6. The molecular formula is C21H24Cl2NO6P. The van der Waals surface area contributed by atoms with Crippen molar-refractivity contribution in [2.75, 3.05) is 13.2 Å². The van der Waals surface area contributed by atoms with E-state index >= 15 is 0 Å². The molecule has 0 aromatic heterocycles. The predicted molar refractivity (Wildman–Crippen MR) is 120 cm³/mol. The molecule has 10 heteroatoms. The van der Waals surface area contributed by atoms with Crippen molar-refractivity contribution < 1.29 is 28.3 Å². The van der Waals surface area contributed by atoms with E-state index in [0.29, 0.717) is 21.2 Å². The maximum Gasteiger partial charge on any atom is 0.335 e. The molecule has 2 aromatic carbocycles. The predicted octanol–water partition coefficient (Wildman–Crippen LogP) is 5.19. The van der Waals surface area contributed by atoms with E-state index in [-0.39, 0.29) is 31.4 Å². The van der Waals surface area contributed by atoms with E-state index in [2.05, 4.69) is 5.32 Å². The van der Waals surface area contributed by atoms with E-state index in [4.69, 9.17) is 32.2 Å². The van der Waals surface area contributed by atoms with Gasteiger partial charge in [-0.15, -0.1) is 0 Å². The van der Waals surface area contributed by atoms with E-state index in [0.717, 1.165) is 0 Å². The number of amides is 1. The van der Waals surface area contributed by atoms with E-state index in [1.54, 1.807) is 44.2 Å². The van der Waals surface area contributed by atoms with Crippen molar-refractivity contribution in [2.24, 2.45) is 0 Å². The third-order valence-electron chi connectivity index (χ3n) is 4.32. The molecule has 0 saturated heterocycles. The van der Waals surface area contributed by atoms with Crippen molar-refractivity contribution >= 4 is 42.7 Å². The Labute approximate surface area is 191 Å². The number of aliphatic carboxylic acids is 1. The molecule has 0 aliphatic heterocycles. The van der Waals surface area contributed by atoms with Crippen molar-refractivity contribution in [1.82, 2.24) is 5.32 Å². The van der Waals surface area contributed by atoms with Gasteiger partial charge in [-0.25, -0.2) is 4.79 Å². The lowest BCUT2D eigenvalue weighted by atomic mass is 10.0. The average Bonchev–Trinajstić information content (AvgIpc) is 2.70. The summed E-state index contributed by atoms with van der Waals surface area (Å²) >= 11 is 12.2. The van der Waals surface area contributed by atoms with Gasteiger partial charge in [0.2, 0.25) is 0 Å². The monoisotopic (exact) mass is 487 g/mol. The highest BCUT2D eigenvalue weighted by Gasteiger charge is 2.25. The summed E-state index contributed by atoms with van der Waals surface area (Å²) in [5, 5.41) is 12.7. The number of carboxylic acids is 1. The molecule has 0 radical (unpaired) electrons. The number of hydrogen-bond acceptors (Lipinski definition) is 5. The van der Waals surface area contributed by atoms with Gasteiger partial charge in [0.1, 0.15) is 6.04 Å². The Morgan fingerprint density at radius 3 is 2.06 bits per heavy atom. The number of hydrogen-bond donors (Lipinski definition) is 2. The first-order valence-electron chi connectivity index (χ1n) is 9.62. The van der Waals surface area contributed by atoms with Crippen LogP contribution >= 0.6 is 30.8 Å². The summed E-state index contributed by atoms with van der Waals surface area (Å²) in [4.78, 5) is 24.2. The van der Waals surface area contributed by atoms with E-state index in [1.165, 1.54) is 12.1 Å². The fraction of sp³-hybridized carbons (Fsp3) is 0.333. The number of halogens is 2. The Bertz CT molecular complexity index is 937. The lowest BCUT2D eigenvalue weighted by Crippen LogP contribution is -2.42. The van der Waals surface area contributed by atoms with Crippen LogP contribution in [0.3, 0.4) is 0 Å². The smallest absolute Gasteiger partial charge is 0.335 e. The van der Waals surface area contributed by atoms with Crippen LogP contribution in [0.4, 0.5) is 0 Å². The first-order valence-corrected chi connectivity index (χ1v) is 12.1. The van der Waals surface area contributed by atoms with Crippen LogP contribution in [0, 0.1) is 0 Å². The molecule has 0 aliphatic carbocycles. The Balaban J connectivity index is 2.11. The summed E-state index contributed by atoms with van der Waals surface area (Å²) in [5.74, 6) is -1.78. The third-order valence-corrected chi connectivity index (χ3v) is 7.08. The van der Waals surface area contributed by atoms with Crippen molar-refractivity contribution in [2.45, 2.75) is 32.5 Å². The summed E-state index contributed by atoms with van der Waals surface area (Å²) in [6.45, 7) is 3.97. The number of carbonyl (C=O) groups excluding carboxylic acids is 1. The fourth-order valence-electron chi connectivity index (χ4n) is 2.88. The summed E-state index contributed by atoms with van der Waals surface area (Å²) in [5.41, 5.74) is 1.36. The largest absolute Gasteiger partial charge is 0.480 e. The molecule has 7 nitrogen and oxygen atoms in total. The van der Waals surface area contributed by atoms with Gasteiger partial charge in [0, 0.05) is 22.0 Å². The third kappa shape index (κ3) is 7.34. The first kappa shape index (κ1) is 25.4. The van der Waals surface area contributed by atoms with Gasteiger partial charge < -0.3 is 19.5 Å². The number of benzene rings is 2. The van der Waals surface area contributed by atoms with Gasteiger partial charge >= 0.3 is 13.6 Å². The number of carbonyl (C=O) groups is 2. The van der Waals surface area contributed by atoms with Crippen molar-refractivity contribution in [3.8, 4) is 0 Å². The Kier molecular flexibility index (Phi) is 9.54. The van der Waals surface area contributed by atoms with Crippen LogP contribution in [0.1, 0.15) is 35.3 Å². The summed E-state index contributed by atoms with van der Waals surface area (Å²) in [6, 6.07) is 9.93. The Morgan fingerprint density at radius 1 is 1.03 bits per heavy atom. The number of nitrogens with one attached hydrogen (secondary N) is 1. The highest BCUT2D eigenvalue weighted by Crippen LogP contribution is 2.51. The highest BCUT2D eigenvalue weighted by atomic mass is 35.5. The quantitative estimate of drug-likeness (QED) is 0.423. The zero-order chi connectivity index (χ0) is 23.0. The van der Waals surface area contributed by atoms with Crippen LogP contribution in [0.5, 0.6) is 0 Å². The molecule has 2 N–H and O–H groups in total. The average molecular weight is 488 g/mol. The van der Waals surface area contributed by atoms with Gasteiger partial charge in [-0.3, -0.25) is 9.36 Å². The van der Waals surface area contributed by atoms with Gasteiger partial charge in [0.15, 0.2) is 0 Å². The molecule has 0 fully saturated rings. The van der Waals surface area contributed by atoms with Crippen LogP contribution < -0.4 is 5.32 Å². The first-order chi connectivity index (χ1) is 14.7. The minimum atomic E-state index is -3.27. The maximum absolute atomic E-state index is 12.6. The molecule has 0 heterocycles. The fourth-order valence-corrected chi connectivity index (χ4v) is 5.13. The SMILES string of the molecule is CCOP(=O)(Cc1ccc(C(=O)N[C@@H](Cc2c(Cl)cccc2Cl)C(=O)O)cc1)OCC. The summed E-state index contributed by atoms with van der Waals surface area (Å²) < 4.78 is 23.2. The van der Waals surface area contributed by atoms with Crippen molar-refractivity contribution in [3.05, 3.63) is 69.2 Å². The molecule has 1 amide bonds. The van der Waals surface area contributed by atoms with Crippen LogP contribution in [-0.4, -0.2) is 36.2 Å². The molecule has 168 valence electrons. The van der Waals surface area contributed by atoms with Gasteiger partial charge in [-0.05, 0) is 49.2 Å². The number of carboxylic acid groups (broad SMARTS) is 1. The molecule has 1 atom stereocenters.